The largest absolute Gasteiger partial charge is 0.418 e. The number of nitrogens with zero attached hydrogens (tertiary/aromatic N) is 2. The van der Waals surface area contributed by atoms with Gasteiger partial charge in [0.05, 0.1) is 14.7 Å². The summed E-state index contributed by atoms with van der Waals surface area (Å²) in [6, 6.07) is 3.71. The summed E-state index contributed by atoms with van der Waals surface area (Å²) in [6.07, 6.45) is 0.787. The molecule has 2 rings (SSSR count). The zero-order valence-corrected chi connectivity index (χ0v) is 10.5. The van der Waals surface area contributed by atoms with E-state index in [1.54, 1.807) is 11.3 Å². The molecule has 0 bridgehead atoms. The Bertz CT molecular complexity index is 454. The minimum absolute atomic E-state index is 0.172. The molecule has 4 nitrogen and oxygen atoms in total. The van der Waals surface area contributed by atoms with Crippen molar-refractivity contribution >= 4 is 27.3 Å². The molecular formula is C9H10BrN3OS. The fourth-order valence-electron chi connectivity index (χ4n) is 1.09. The van der Waals surface area contributed by atoms with E-state index in [-0.39, 0.29) is 6.04 Å². The van der Waals surface area contributed by atoms with Crippen molar-refractivity contribution in [1.82, 2.24) is 10.2 Å². The SMILES string of the molecule is CCC(N)c1nnc(-c2ccc(Br)s2)o1. The number of aromatic nitrogens is 2. The van der Waals surface area contributed by atoms with Gasteiger partial charge in [-0.1, -0.05) is 6.92 Å². The zero-order valence-electron chi connectivity index (χ0n) is 8.11. The van der Waals surface area contributed by atoms with E-state index in [1.807, 2.05) is 19.1 Å². The highest BCUT2D eigenvalue weighted by Crippen LogP contribution is 2.30. The normalized spacial score (nSPS) is 13.0. The van der Waals surface area contributed by atoms with E-state index in [0.29, 0.717) is 11.8 Å². The smallest absolute Gasteiger partial charge is 0.257 e. The van der Waals surface area contributed by atoms with Crippen LogP contribution < -0.4 is 5.73 Å². The number of hydrogen-bond acceptors (Lipinski definition) is 5. The Morgan fingerprint density at radius 2 is 2.33 bits per heavy atom. The lowest BCUT2D eigenvalue weighted by Crippen LogP contribution is -2.08. The molecule has 0 fully saturated rings. The third kappa shape index (κ3) is 2.27. The standard InChI is InChI=1S/C9H10BrN3OS/c1-2-5(11)8-12-13-9(14-8)6-3-4-7(10)15-6/h3-5H,2,11H2,1H3. The first-order chi connectivity index (χ1) is 7.20. The maximum Gasteiger partial charge on any atom is 0.257 e. The van der Waals surface area contributed by atoms with Gasteiger partial charge in [-0.2, -0.15) is 0 Å². The van der Waals surface area contributed by atoms with Crippen molar-refractivity contribution < 1.29 is 4.42 Å². The second-order valence-corrected chi connectivity index (χ2v) is 5.53. The average molecular weight is 288 g/mol. The van der Waals surface area contributed by atoms with Crippen LogP contribution in [0.1, 0.15) is 25.3 Å². The van der Waals surface area contributed by atoms with Gasteiger partial charge in [0.2, 0.25) is 5.89 Å². The molecule has 6 heteroatoms. The molecular weight excluding hydrogens is 278 g/mol. The van der Waals surface area contributed by atoms with Gasteiger partial charge in [0.25, 0.3) is 5.89 Å². The summed E-state index contributed by atoms with van der Waals surface area (Å²) in [4.78, 5) is 0.948. The highest BCUT2D eigenvalue weighted by molar-refractivity contribution is 9.11. The highest BCUT2D eigenvalue weighted by atomic mass is 79.9. The molecule has 0 aliphatic heterocycles. The molecule has 15 heavy (non-hydrogen) atoms. The fraction of sp³-hybridized carbons (Fsp3) is 0.333. The first-order valence-corrected chi connectivity index (χ1v) is 6.16. The Kier molecular flexibility index (Phi) is 3.18. The van der Waals surface area contributed by atoms with Crippen molar-refractivity contribution in [2.75, 3.05) is 0 Å². The number of hydrogen-bond donors (Lipinski definition) is 1. The molecule has 0 radical (unpaired) electrons. The van der Waals surface area contributed by atoms with Crippen molar-refractivity contribution in [2.24, 2.45) is 5.73 Å². The van der Waals surface area contributed by atoms with Gasteiger partial charge < -0.3 is 10.2 Å². The third-order valence-corrected chi connectivity index (χ3v) is 3.59. The van der Waals surface area contributed by atoms with E-state index in [4.69, 9.17) is 10.2 Å². The van der Waals surface area contributed by atoms with Crippen LogP contribution >= 0.6 is 27.3 Å². The van der Waals surface area contributed by atoms with E-state index in [0.717, 1.165) is 15.1 Å². The molecule has 0 amide bonds. The van der Waals surface area contributed by atoms with Crippen molar-refractivity contribution in [2.45, 2.75) is 19.4 Å². The van der Waals surface area contributed by atoms with Crippen molar-refractivity contribution in [3.05, 3.63) is 21.8 Å². The van der Waals surface area contributed by atoms with Crippen LogP contribution in [0.3, 0.4) is 0 Å². The lowest BCUT2D eigenvalue weighted by atomic mass is 10.2. The van der Waals surface area contributed by atoms with Crippen LogP contribution in [0.15, 0.2) is 20.3 Å². The summed E-state index contributed by atoms with van der Waals surface area (Å²) in [5.74, 6) is 1.03. The molecule has 0 aliphatic carbocycles. The van der Waals surface area contributed by atoms with Crippen LogP contribution in [0.25, 0.3) is 10.8 Å². The van der Waals surface area contributed by atoms with Crippen molar-refractivity contribution in [1.29, 1.82) is 0 Å². The Labute approximate surface area is 99.6 Å². The molecule has 80 valence electrons. The number of halogens is 1. The first-order valence-electron chi connectivity index (χ1n) is 4.55. The van der Waals surface area contributed by atoms with Crippen LogP contribution in [0, 0.1) is 0 Å². The van der Waals surface area contributed by atoms with Crippen LogP contribution in [0.4, 0.5) is 0 Å². The molecule has 1 atom stereocenters. The van der Waals surface area contributed by atoms with Crippen molar-refractivity contribution in [3.8, 4) is 10.8 Å². The van der Waals surface area contributed by atoms with Gasteiger partial charge >= 0.3 is 0 Å². The molecule has 2 N–H and O–H groups in total. The van der Waals surface area contributed by atoms with Gasteiger partial charge in [0.15, 0.2) is 0 Å². The van der Waals surface area contributed by atoms with E-state index in [1.165, 1.54) is 0 Å². The molecule has 0 aromatic carbocycles. The summed E-state index contributed by atoms with van der Waals surface area (Å²) < 4.78 is 6.52. The molecule has 0 aliphatic rings. The maximum absolute atomic E-state index is 5.79. The maximum atomic E-state index is 5.79. The predicted molar refractivity (Wildman–Crippen MR) is 62.5 cm³/mol. The van der Waals surface area contributed by atoms with Gasteiger partial charge in [0.1, 0.15) is 0 Å². The number of rotatable bonds is 3. The molecule has 0 spiro atoms. The Morgan fingerprint density at radius 1 is 1.53 bits per heavy atom. The summed E-state index contributed by atoms with van der Waals surface area (Å²) in [6.45, 7) is 1.98. The number of nitrogens with two attached hydrogens (primary N) is 1. The van der Waals surface area contributed by atoms with Gasteiger partial charge in [-0.15, -0.1) is 21.5 Å². The summed E-state index contributed by atoms with van der Waals surface area (Å²) in [5.41, 5.74) is 5.79. The monoisotopic (exact) mass is 287 g/mol. The van der Waals surface area contributed by atoms with Gasteiger partial charge in [-0.05, 0) is 34.5 Å². The lowest BCUT2D eigenvalue weighted by Gasteiger charge is -1.99. The molecule has 0 saturated carbocycles. The van der Waals surface area contributed by atoms with E-state index >= 15 is 0 Å². The summed E-state index contributed by atoms with van der Waals surface area (Å²) in [5, 5.41) is 7.88. The lowest BCUT2D eigenvalue weighted by molar-refractivity contribution is 0.453. The minimum atomic E-state index is -0.172. The Balaban J connectivity index is 2.27. The van der Waals surface area contributed by atoms with E-state index < -0.39 is 0 Å². The summed E-state index contributed by atoms with van der Waals surface area (Å²) >= 11 is 4.94. The molecule has 2 heterocycles. The predicted octanol–water partition coefficient (Wildman–Crippen LogP) is 2.97. The van der Waals surface area contributed by atoms with Gasteiger partial charge in [-0.25, -0.2) is 0 Å². The van der Waals surface area contributed by atoms with E-state index in [2.05, 4.69) is 26.1 Å². The first kappa shape index (κ1) is 10.8. The second kappa shape index (κ2) is 4.42. The van der Waals surface area contributed by atoms with Gasteiger partial charge in [0, 0.05) is 0 Å². The highest BCUT2D eigenvalue weighted by Gasteiger charge is 2.14. The fourth-order valence-corrected chi connectivity index (χ4v) is 2.40. The Morgan fingerprint density at radius 3 is 2.93 bits per heavy atom. The molecule has 2 aromatic heterocycles. The Hall–Kier alpha value is -0.720. The van der Waals surface area contributed by atoms with Crippen LogP contribution in [-0.4, -0.2) is 10.2 Å². The van der Waals surface area contributed by atoms with Gasteiger partial charge in [-0.3, -0.25) is 0 Å². The quantitative estimate of drug-likeness (QED) is 0.943. The summed E-state index contributed by atoms with van der Waals surface area (Å²) in [7, 11) is 0. The number of thiophene rings is 1. The van der Waals surface area contributed by atoms with Crippen LogP contribution in [0.2, 0.25) is 0 Å². The van der Waals surface area contributed by atoms with Crippen molar-refractivity contribution in [3.63, 3.8) is 0 Å². The average Bonchev–Trinajstić information content (AvgIpc) is 2.84. The van der Waals surface area contributed by atoms with Crippen LogP contribution in [0.5, 0.6) is 0 Å². The van der Waals surface area contributed by atoms with E-state index in [9.17, 15) is 0 Å². The second-order valence-electron chi connectivity index (χ2n) is 3.06. The minimum Gasteiger partial charge on any atom is -0.418 e. The molecule has 0 saturated heterocycles. The third-order valence-electron chi connectivity index (χ3n) is 1.98. The molecule has 2 aromatic rings. The van der Waals surface area contributed by atoms with Crippen LogP contribution in [-0.2, 0) is 0 Å². The zero-order chi connectivity index (χ0) is 10.8. The molecule has 1 unspecified atom stereocenters. The topological polar surface area (TPSA) is 64.9 Å².